The molecule has 2 heteroatoms. The second kappa shape index (κ2) is 6.09. The molecular weight excluding hydrogens is 308 g/mol. The lowest BCUT2D eigenvalue weighted by Crippen LogP contribution is -2.22. The molecule has 0 radical (unpaired) electrons. The van der Waals surface area contributed by atoms with Crippen molar-refractivity contribution < 1.29 is 9.59 Å². The lowest BCUT2D eigenvalue weighted by atomic mass is 9.70. The molecule has 0 aliphatic heterocycles. The SMILES string of the molecule is CC1=C/C(=C2\C(C)=C(C)C(=O)C3=C2CCCC3)C2=C(CCCC2)C1=O. The van der Waals surface area contributed by atoms with Crippen molar-refractivity contribution in [2.45, 2.75) is 72.1 Å². The number of Topliss-reactive ketones (excluding diaryl/α,β-unsaturated/α-hetero) is 2. The fourth-order valence-corrected chi connectivity index (χ4v) is 4.89. The van der Waals surface area contributed by atoms with Crippen molar-refractivity contribution in [1.82, 2.24) is 0 Å². The van der Waals surface area contributed by atoms with Crippen molar-refractivity contribution in [3.63, 3.8) is 0 Å². The monoisotopic (exact) mass is 334 g/mol. The molecule has 0 amide bonds. The third-order valence-corrected chi connectivity index (χ3v) is 6.38. The molecule has 25 heavy (non-hydrogen) atoms. The molecule has 0 N–H and O–H groups in total. The van der Waals surface area contributed by atoms with E-state index in [9.17, 15) is 9.59 Å². The van der Waals surface area contributed by atoms with E-state index >= 15 is 0 Å². The average molecular weight is 334 g/mol. The number of carbonyl (C=O) groups is 2. The van der Waals surface area contributed by atoms with Crippen LogP contribution in [0.1, 0.15) is 72.1 Å². The zero-order valence-electron chi connectivity index (χ0n) is 15.6. The van der Waals surface area contributed by atoms with Gasteiger partial charge >= 0.3 is 0 Å². The van der Waals surface area contributed by atoms with Crippen LogP contribution in [-0.4, -0.2) is 11.6 Å². The minimum absolute atomic E-state index is 0.238. The molecule has 0 aromatic rings. The third kappa shape index (κ3) is 2.46. The van der Waals surface area contributed by atoms with E-state index in [0.29, 0.717) is 0 Å². The van der Waals surface area contributed by atoms with E-state index in [-0.39, 0.29) is 11.6 Å². The predicted molar refractivity (Wildman–Crippen MR) is 100 cm³/mol. The zero-order valence-corrected chi connectivity index (χ0v) is 15.6. The Morgan fingerprint density at radius 1 is 0.640 bits per heavy atom. The first kappa shape index (κ1) is 16.5. The van der Waals surface area contributed by atoms with Crippen LogP contribution in [0.15, 0.2) is 56.2 Å². The maximum absolute atomic E-state index is 12.8. The molecular formula is C23H26O2. The molecule has 130 valence electrons. The maximum atomic E-state index is 12.8. The minimum atomic E-state index is 0.238. The van der Waals surface area contributed by atoms with Crippen LogP contribution in [0.5, 0.6) is 0 Å². The Balaban J connectivity index is 2.02. The lowest BCUT2D eigenvalue weighted by Gasteiger charge is -2.33. The van der Waals surface area contributed by atoms with E-state index in [1.165, 1.54) is 22.3 Å². The molecule has 4 aliphatic rings. The van der Waals surface area contributed by atoms with Gasteiger partial charge in [0.25, 0.3) is 0 Å². The summed E-state index contributed by atoms with van der Waals surface area (Å²) in [6, 6.07) is 0. The van der Waals surface area contributed by atoms with E-state index in [1.807, 2.05) is 13.8 Å². The summed E-state index contributed by atoms with van der Waals surface area (Å²) in [5.74, 6) is 0.490. The van der Waals surface area contributed by atoms with Gasteiger partial charge in [-0.15, -0.1) is 0 Å². The van der Waals surface area contributed by atoms with Crippen molar-refractivity contribution in [3.05, 3.63) is 56.2 Å². The van der Waals surface area contributed by atoms with Gasteiger partial charge in [-0.2, -0.15) is 0 Å². The number of rotatable bonds is 0. The van der Waals surface area contributed by atoms with Gasteiger partial charge in [-0.25, -0.2) is 0 Å². The predicted octanol–water partition coefficient (Wildman–Crippen LogP) is 5.47. The minimum Gasteiger partial charge on any atom is -0.289 e. The number of carbonyl (C=O) groups excluding carboxylic acids is 2. The highest BCUT2D eigenvalue weighted by atomic mass is 16.1. The summed E-state index contributed by atoms with van der Waals surface area (Å²) in [6.45, 7) is 6.01. The largest absolute Gasteiger partial charge is 0.289 e. The van der Waals surface area contributed by atoms with Crippen LogP contribution in [-0.2, 0) is 9.59 Å². The Hall–Kier alpha value is -1.96. The first-order valence-corrected chi connectivity index (χ1v) is 9.65. The van der Waals surface area contributed by atoms with Crippen LogP contribution in [0.2, 0.25) is 0 Å². The van der Waals surface area contributed by atoms with Crippen LogP contribution >= 0.6 is 0 Å². The summed E-state index contributed by atoms with van der Waals surface area (Å²) >= 11 is 0. The van der Waals surface area contributed by atoms with Gasteiger partial charge in [0, 0.05) is 16.7 Å². The second-order valence-corrected chi connectivity index (χ2v) is 7.85. The van der Waals surface area contributed by atoms with E-state index < -0.39 is 0 Å². The molecule has 0 aromatic heterocycles. The molecule has 0 spiro atoms. The number of ketones is 2. The Morgan fingerprint density at radius 3 is 1.80 bits per heavy atom. The highest BCUT2D eigenvalue weighted by Gasteiger charge is 2.34. The smallest absolute Gasteiger partial charge is 0.185 e. The Bertz CT molecular complexity index is 853. The third-order valence-electron chi connectivity index (χ3n) is 6.38. The van der Waals surface area contributed by atoms with E-state index in [2.05, 4.69) is 13.0 Å². The van der Waals surface area contributed by atoms with Gasteiger partial charge in [0.1, 0.15) is 0 Å². The molecule has 0 saturated heterocycles. The van der Waals surface area contributed by atoms with Crippen LogP contribution in [0.4, 0.5) is 0 Å². The van der Waals surface area contributed by atoms with Gasteiger partial charge in [-0.1, -0.05) is 0 Å². The maximum Gasteiger partial charge on any atom is 0.185 e. The summed E-state index contributed by atoms with van der Waals surface area (Å²) in [5, 5.41) is 0. The molecule has 0 atom stereocenters. The summed E-state index contributed by atoms with van der Waals surface area (Å²) in [4.78, 5) is 25.4. The fourth-order valence-electron chi connectivity index (χ4n) is 4.89. The van der Waals surface area contributed by atoms with E-state index in [4.69, 9.17) is 0 Å². The Morgan fingerprint density at radius 2 is 1.16 bits per heavy atom. The molecule has 0 saturated carbocycles. The number of hydrogen-bond acceptors (Lipinski definition) is 2. The van der Waals surface area contributed by atoms with Gasteiger partial charge in [0.15, 0.2) is 11.6 Å². The van der Waals surface area contributed by atoms with Crippen LogP contribution in [0, 0.1) is 0 Å². The van der Waals surface area contributed by atoms with Crippen molar-refractivity contribution in [1.29, 1.82) is 0 Å². The van der Waals surface area contributed by atoms with Gasteiger partial charge in [-0.05, 0) is 112 Å². The highest BCUT2D eigenvalue weighted by molar-refractivity contribution is 6.13. The zero-order chi connectivity index (χ0) is 17.7. The first-order valence-electron chi connectivity index (χ1n) is 9.65. The molecule has 0 heterocycles. The Labute approximate surface area is 150 Å². The summed E-state index contributed by atoms with van der Waals surface area (Å²) in [5.41, 5.74) is 9.98. The van der Waals surface area contributed by atoms with E-state index in [0.717, 1.165) is 79.2 Å². The van der Waals surface area contributed by atoms with Crippen molar-refractivity contribution in [3.8, 4) is 0 Å². The van der Waals surface area contributed by atoms with Crippen LogP contribution < -0.4 is 0 Å². The van der Waals surface area contributed by atoms with Crippen molar-refractivity contribution >= 4 is 11.6 Å². The van der Waals surface area contributed by atoms with Crippen LogP contribution in [0.3, 0.4) is 0 Å². The van der Waals surface area contributed by atoms with Gasteiger partial charge < -0.3 is 0 Å². The highest BCUT2D eigenvalue weighted by Crippen LogP contribution is 2.46. The fraction of sp³-hybridized carbons (Fsp3) is 0.478. The number of hydrogen-bond donors (Lipinski definition) is 0. The standard InChI is InChI=1S/C23H26O2/c1-13-12-20(16-8-4-6-10-18(16)22(13)24)21-14(2)15(3)23(25)19-11-7-5-9-17(19)21/h12H,4-11H2,1-3H3/b21-20-. The van der Waals surface area contributed by atoms with Gasteiger partial charge in [0.2, 0.25) is 0 Å². The molecule has 4 aliphatic carbocycles. The van der Waals surface area contributed by atoms with Crippen LogP contribution in [0.25, 0.3) is 0 Å². The molecule has 0 unspecified atom stereocenters. The molecule has 0 aromatic carbocycles. The average Bonchev–Trinajstić information content (AvgIpc) is 2.64. The van der Waals surface area contributed by atoms with E-state index in [1.54, 1.807) is 0 Å². The Kier molecular flexibility index (Phi) is 4.02. The molecule has 2 nitrogen and oxygen atoms in total. The number of allylic oxidation sites excluding steroid dienone is 10. The molecule has 0 bridgehead atoms. The lowest BCUT2D eigenvalue weighted by molar-refractivity contribution is -0.113. The second-order valence-electron chi connectivity index (χ2n) is 7.85. The summed E-state index contributed by atoms with van der Waals surface area (Å²) < 4.78 is 0. The quantitative estimate of drug-likeness (QED) is 0.588. The molecule has 0 fully saturated rings. The van der Waals surface area contributed by atoms with Crippen molar-refractivity contribution in [2.24, 2.45) is 0 Å². The van der Waals surface area contributed by atoms with Crippen molar-refractivity contribution in [2.75, 3.05) is 0 Å². The summed E-state index contributed by atoms with van der Waals surface area (Å²) in [7, 11) is 0. The topological polar surface area (TPSA) is 34.1 Å². The van der Waals surface area contributed by atoms with Gasteiger partial charge in [-0.3, -0.25) is 9.59 Å². The molecule has 4 rings (SSSR count). The first-order chi connectivity index (χ1) is 12.0. The normalized spacial score (nSPS) is 27.6. The van der Waals surface area contributed by atoms with Gasteiger partial charge in [0.05, 0.1) is 0 Å². The summed E-state index contributed by atoms with van der Waals surface area (Å²) in [6.07, 6.45) is 10.4.